The van der Waals surface area contributed by atoms with Crippen LogP contribution in [0.15, 0.2) is 36.4 Å². The fourth-order valence-electron chi connectivity index (χ4n) is 2.08. The van der Waals surface area contributed by atoms with Crippen LogP contribution in [0.3, 0.4) is 0 Å². The Kier molecular flexibility index (Phi) is 5.63. The number of benzene rings is 2. The molecule has 0 radical (unpaired) electrons. The zero-order valence-corrected chi connectivity index (χ0v) is 14.0. The molecule has 0 aliphatic carbocycles. The summed E-state index contributed by atoms with van der Waals surface area (Å²) in [5.41, 5.74) is 1.90. The van der Waals surface area contributed by atoms with Crippen LogP contribution in [0.4, 0.5) is 0 Å². The molecule has 0 aliphatic rings. The second-order valence-electron chi connectivity index (χ2n) is 4.53. The Morgan fingerprint density at radius 3 is 2.29 bits per heavy atom. The number of methoxy groups -OCH3 is 2. The Morgan fingerprint density at radius 2 is 1.67 bits per heavy atom. The summed E-state index contributed by atoms with van der Waals surface area (Å²) in [6.07, 6.45) is 0.628. The highest BCUT2D eigenvalue weighted by Gasteiger charge is 2.14. The second kappa shape index (κ2) is 7.26. The normalized spacial score (nSPS) is 12.0. The van der Waals surface area contributed by atoms with Gasteiger partial charge < -0.3 is 9.47 Å². The van der Waals surface area contributed by atoms with Crippen LogP contribution in [0, 0.1) is 0 Å². The lowest BCUT2D eigenvalue weighted by Crippen LogP contribution is -1.98. The average molecular weight is 346 g/mol. The summed E-state index contributed by atoms with van der Waals surface area (Å²) in [4.78, 5) is 0. The van der Waals surface area contributed by atoms with Crippen molar-refractivity contribution in [1.29, 1.82) is 0 Å². The molecule has 2 nitrogen and oxygen atoms in total. The van der Waals surface area contributed by atoms with Crippen LogP contribution in [0.5, 0.6) is 11.5 Å². The predicted octanol–water partition coefficient (Wildman–Crippen LogP) is 5.53. The van der Waals surface area contributed by atoms with Crippen LogP contribution in [-0.2, 0) is 6.42 Å². The third-order valence-corrected chi connectivity index (χ3v) is 4.11. The molecule has 21 heavy (non-hydrogen) atoms. The van der Waals surface area contributed by atoms with E-state index in [2.05, 4.69) is 0 Å². The van der Waals surface area contributed by atoms with Gasteiger partial charge in [0.05, 0.1) is 19.6 Å². The van der Waals surface area contributed by atoms with Crippen LogP contribution >= 0.6 is 34.8 Å². The number of hydrogen-bond donors (Lipinski definition) is 0. The maximum Gasteiger partial charge on any atom is 0.160 e. The van der Waals surface area contributed by atoms with Gasteiger partial charge in [0.25, 0.3) is 0 Å². The van der Waals surface area contributed by atoms with E-state index in [9.17, 15) is 0 Å². The van der Waals surface area contributed by atoms with Crippen LogP contribution in [0.2, 0.25) is 10.0 Å². The summed E-state index contributed by atoms with van der Waals surface area (Å²) >= 11 is 18.5. The van der Waals surface area contributed by atoms with Crippen molar-refractivity contribution in [3.05, 3.63) is 57.6 Å². The highest BCUT2D eigenvalue weighted by Crippen LogP contribution is 2.34. The molecule has 2 aromatic rings. The van der Waals surface area contributed by atoms with Crippen molar-refractivity contribution in [1.82, 2.24) is 0 Å². The van der Waals surface area contributed by atoms with Crippen molar-refractivity contribution < 1.29 is 9.47 Å². The fraction of sp³-hybridized carbons (Fsp3) is 0.250. The lowest BCUT2D eigenvalue weighted by molar-refractivity contribution is 0.354. The summed E-state index contributed by atoms with van der Waals surface area (Å²) in [5.74, 6) is 1.37. The topological polar surface area (TPSA) is 18.5 Å². The molecule has 0 N–H and O–H groups in total. The third kappa shape index (κ3) is 3.97. The molecule has 5 heteroatoms. The molecule has 0 spiro atoms. The van der Waals surface area contributed by atoms with Crippen LogP contribution in [0.25, 0.3) is 0 Å². The monoisotopic (exact) mass is 344 g/mol. The third-order valence-electron chi connectivity index (χ3n) is 3.16. The molecule has 112 valence electrons. The molecule has 0 saturated heterocycles. The van der Waals surface area contributed by atoms with Gasteiger partial charge in [0, 0.05) is 10.0 Å². The Hall–Kier alpha value is -1.09. The van der Waals surface area contributed by atoms with Crippen molar-refractivity contribution in [2.45, 2.75) is 11.8 Å². The maximum atomic E-state index is 6.47. The van der Waals surface area contributed by atoms with Crippen LogP contribution in [-0.4, -0.2) is 14.2 Å². The van der Waals surface area contributed by atoms with Gasteiger partial charge in [0.2, 0.25) is 0 Å². The molecule has 2 rings (SSSR count). The van der Waals surface area contributed by atoms with Crippen molar-refractivity contribution in [2.24, 2.45) is 0 Å². The van der Waals surface area contributed by atoms with E-state index in [0.717, 1.165) is 11.1 Å². The molecule has 0 heterocycles. The molecular formula is C16H15Cl3O2. The SMILES string of the molecule is COc1ccc(CC(Cl)c2ccc(Cl)cc2Cl)cc1OC. The van der Waals surface area contributed by atoms with E-state index in [4.69, 9.17) is 44.3 Å². The fourth-order valence-corrected chi connectivity index (χ4v) is 3.04. The summed E-state index contributed by atoms with van der Waals surface area (Å²) < 4.78 is 10.5. The van der Waals surface area contributed by atoms with E-state index in [-0.39, 0.29) is 5.38 Å². The molecule has 0 amide bonds. The molecule has 0 fully saturated rings. The zero-order chi connectivity index (χ0) is 15.4. The maximum absolute atomic E-state index is 6.47. The Balaban J connectivity index is 2.21. The minimum atomic E-state index is -0.243. The molecule has 0 aliphatic heterocycles. The van der Waals surface area contributed by atoms with E-state index < -0.39 is 0 Å². The average Bonchev–Trinajstić information content (AvgIpc) is 2.46. The molecule has 2 aromatic carbocycles. The first-order valence-electron chi connectivity index (χ1n) is 6.35. The van der Waals surface area contributed by atoms with Crippen molar-refractivity contribution in [3.8, 4) is 11.5 Å². The molecular weight excluding hydrogens is 331 g/mol. The Bertz CT molecular complexity index is 629. The zero-order valence-electron chi connectivity index (χ0n) is 11.7. The summed E-state index contributed by atoms with van der Waals surface area (Å²) in [5, 5.41) is 0.926. The van der Waals surface area contributed by atoms with Gasteiger partial charge in [-0.3, -0.25) is 0 Å². The first-order chi connectivity index (χ1) is 10.0. The van der Waals surface area contributed by atoms with E-state index in [1.165, 1.54) is 0 Å². The molecule has 0 aromatic heterocycles. The molecule has 0 saturated carbocycles. The number of ether oxygens (including phenoxy) is 2. The lowest BCUT2D eigenvalue weighted by Gasteiger charge is -2.14. The quantitative estimate of drug-likeness (QED) is 0.663. The van der Waals surface area contributed by atoms with Crippen molar-refractivity contribution in [3.63, 3.8) is 0 Å². The van der Waals surface area contributed by atoms with E-state index in [0.29, 0.717) is 28.0 Å². The van der Waals surface area contributed by atoms with E-state index >= 15 is 0 Å². The van der Waals surface area contributed by atoms with Gasteiger partial charge >= 0.3 is 0 Å². The van der Waals surface area contributed by atoms with Crippen molar-refractivity contribution in [2.75, 3.05) is 14.2 Å². The summed E-state index contributed by atoms with van der Waals surface area (Å²) in [6.45, 7) is 0. The van der Waals surface area contributed by atoms with Crippen LogP contribution in [0.1, 0.15) is 16.5 Å². The highest BCUT2D eigenvalue weighted by molar-refractivity contribution is 6.35. The minimum Gasteiger partial charge on any atom is -0.493 e. The van der Waals surface area contributed by atoms with Crippen LogP contribution < -0.4 is 9.47 Å². The van der Waals surface area contributed by atoms with Gasteiger partial charge in [0.1, 0.15) is 0 Å². The highest BCUT2D eigenvalue weighted by atomic mass is 35.5. The van der Waals surface area contributed by atoms with Gasteiger partial charge in [-0.1, -0.05) is 35.3 Å². The van der Waals surface area contributed by atoms with Gasteiger partial charge in [-0.25, -0.2) is 0 Å². The lowest BCUT2D eigenvalue weighted by atomic mass is 10.0. The number of halogens is 3. The van der Waals surface area contributed by atoms with E-state index in [1.807, 2.05) is 24.3 Å². The first-order valence-corrected chi connectivity index (χ1v) is 7.54. The number of hydrogen-bond acceptors (Lipinski definition) is 2. The molecule has 1 unspecified atom stereocenters. The van der Waals surface area contributed by atoms with Gasteiger partial charge in [-0.05, 0) is 41.8 Å². The standard InChI is InChI=1S/C16H15Cl3O2/c1-20-15-6-3-10(8-16(15)21-2)7-13(18)12-5-4-11(17)9-14(12)19/h3-6,8-9,13H,7H2,1-2H3. The minimum absolute atomic E-state index is 0.243. The first kappa shape index (κ1) is 16.3. The smallest absolute Gasteiger partial charge is 0.160 e. The second-order valence-corrected chi connectivity index (χ2v) is 5.90. The van der Waals surface area contributed by atoms with Crippen molar-refractivity contribution >= 4 is 34.8 Å². The van der Waals surface area contributed by atoms with Gasteiger partial charge in [0.15, 0.2) is 11.5 Å². The number of alkyl halides is 1. The summed E-state index contributed by atoms with van der Waals surface area (Å²) in [7, 11) is 3.21. The molecule has 1 atom stereocenters. The molecule has 0 bridgehead atoms. The van der Waals surface area contributed by atoms with Gasteiger partial charge in [-0.15, -0.1) is 11.6 Å². The predicted molar refractivity (Wildman–Crippen MR) is 88.3 cm³/mol. The largest absolute Gasteiger partial charge is 0.493 e. The number of rotatable bonds is 5. The Labute approximate surface area is 139 Å². The summed E-state index contributed by atoms with van der Waals surface area (Å²) in [6, 6.07) is 11.1. The Morgan fingerprint density at radius 1 is 0.952 bits per heavy atom. The van der Waals surface area contributed by atoms with Gasteiger partial charge in [-0.2, -0.15) is 0 Å². The van der Waals surface area contributed by atoms with E-state index in [1.54, 1.807) is 26.4 Å².